The lowest BCUT2D eigenvalue weighted by atomic mass is 10.3. The van der Waals surface area contributed by atoms with E-state index >= 15 is 0 Å². The van der Waals surface area contributed by atoms with E-state index in [9.17, 15) is 0 Å². The van der Waals surface area contributed by atoms with Crippen molar-refractivity contribution in [2.24, 2.45) is 4.99 Å². The molecule has 4 nitrogen and oxygen atoms in total. The van der Waals surface area contributed by atoms with Crippen molar-refractivity contribution in [2.45, 2.75) is 20.8 Å². The standard InChI is InChI=1S/C7H12N4/c1-4(8)6(3)11-7(10)5(2)9/h8-10H,1-3H3/p+1. The van der Waals surface area contributed by atoms with E-state index in [-0.39, 0.29) is 5.84 Å². The van der Waals surface area contributed by atoms with Gasteiger partial charge in [-0.1, -0.05) is 0 Å². The number of hydrogen-bond acceptors (Lipinski definition) is 2. The molecule has 4 heteroatoms. The summed E-state index contributed by atoms with van der Waals surface area (Å²) in [6.07, 6.45) is 0. The first-order chi connectivity index (χ1) is 4.95. The highest BCUT2D eigenvalue weighted by molar-refractivity contribution is 6.46. The van der Waals surface area contributed by atoms with Crippen LogP contribution in [0.25, 0.3) is 0 Å². The van der Waals surface area contributed by atoms with E-state index in [2.05, 4.69) is 4.99 Å². The summed E-state index contributed by atoms with van der Waals surface area (Å²) in [5.41, 5.74) is 1.25. The first-order valence-corrected chi connectivity index (χ1v) is 3.24. The summed E-state index contributed by atoms with van der Waals surface area (Å²) < 4.78 is 0. The van der Waals surface area contributed by atoms with Gasteiger partial charge in [-0.25, -0.2) is 4.99 Å². The molecule has 0 aromatic heterocycles. The van der Waals surface area contributed by atoms with Crippen molar-refractivity contribution in [1.82, 2.24) is 0 Å². The molecule has 0 radical (unpaired) electrons. The molecule has 0 aromatic carbocycles. The van der Waals surface area contributed by atoms with Gasteiger partial charge in [0.15, 0.2) is 0 Å². The summed E-state index contributed by atoms with van der Waals surface area (Å²) in [5.74, 6) is 0.0362. The second-order valence-electron chi connectivity index (χ2n) is 2.35. The van der Waals surface area contributed by atoms with Gasteiger partial charge in [0.1, 0.15) is 0 Å². The van der Waals surface area contributed by atoms with Crippen molar-refractivity contribution >= 4 is 23.0 Å². The van der Waals surface area contributed by atoms with Crippen LogP contribution >= 0.6 is 0 Å². The third-order valence-corrected chi connectivity index (χ3v) is 1.20. The molecule has 0 unspecified atom stereocenters. The largest absolute Gasteiger partial charge is 0.304 e. The molecule has 11 heavy (non-hydrogen) atoms. The van der Waals surface area contributed by atoms with Crippen LogP contribution in [0.1, 0.15) is 20.8 Å². The maximum Gasteiger partial charge on any atom is 0.214 e. The Hall–Kier alpha value is -1.32. The highest BCUT2D eigenvalue weighted by Gasteiger charge is 2.02. The van der Waals surface area contributed by atoms with E-state index < -0.39 is 0 Å². The van der Waals surface area contributed by atoms with E-state index in [1.807, 2.05) is 0 Å². The summed E-state index contributed by atoms with van der Waals surface area (Å²) in [6.45, 7) is 4.91. The van der Waals surface area contributed by atoms with Crippen LogP contribution in [-0.4, -0.2) is 23.0 Å². The molecule has 0 aliphatic carbocycles. The van der Waals surface area contributed by atoms with Gasteiger partial charge < -0.3 is 5.41 Å². The molecule has 0 atom stereocenters. The van der Waals surface area contributed by atoms with Crippen LogP contribution in [0.15, 0.2) is 4.99 Å². The molecule has 0 bridgehead atoms. The predicted molar refractivity (Wildman–Crippen MR) is 46.8 cm³/mol. The van der Waals surface area contributed by atoms with Crippen LogP contribution in [-0.2, 0) is 0 Å². The lowest BCUT2D eigenvalue weighted by Crippen LogP contribution is -2.42. The van der Waals surface area contributed by atoms with E-state index in [1.165, 1.54) is 0 Å². The smallest absolute Gasteiger partial charge is 0.214 e. The number of amidine groups is 1. The van der Waals surface area contributed by atoms with Crippen molar-refractivity contribution in [3.8, 4) is 0 Å². The van der Waals surface area contributed by atoms with Gasteiger partial charge in [-0.05, 0) is 13.8 Å². The molecule has 60 valence electrons. The molecule has 0 fully saturated rings. The average molecular weight is 153 g/mol. The highest BCUT2D eigenvalue weighted by Crippen LogP contribution is 1.83. The van der Waals surface area contributed by atoms with Crippen LogP contribution in [0.2, 0.25) is 0 Å². The molecule has 0 saturated heterocycles. The maximum atomic E-state index is 7.22. The number of hydrogen-bond donors (Lipinski definition) is 3. The normalized spacial score (nSPS) is 11.0. The van der Waals surface area contributed by atoms with Crippen molar-refractivity contribution in [2.75, 3.05) is 0 Å². The Morgan fingerprint density at radius 2 is 1.64 bits per heavy atom. The Morgan fingerprint density at radius 1 is 1.18 bits per heavy atom. The minimum atomic E-state index is 0.0362. The molecule has 0 aliphatic heterocycles. The van der Waals surface area contributed by atoms with Crippen LogP contribution < -0.4 is 5.41 Å². The van der Waals surface area contributed by atoms with E-state index in [0.717, 1.165) is 0 Å². The zero-order valence-corrected chi connectivity index (χ0v) is 7.02. The lowest BCUT2D eigenvalue weighted by molar-refractivity contribution is -0.111. The fraction of sp³-hybridized carbons (Fsp3) is 0.429. The summed E-state index contributed by atoms with van der Waals surface area (Å²) >= 11 is 0. The molecule has 0 heterocycles. The van der Waals surface area contributed by atoms with Crippen LogP contribution in [0.4, 0.5) is 0 Å². The summed E-state index contributed by atoms with van der Waals surface area (Å²) in [4.78, 5) is 3.79. The first-order valence-electron chi connectivity index (χ1n) is 3.24. The van der Waals surface area contributed by atoms with Gasteiger partial charge in [0.25, 0.3) is 0 Å². The third kappa shape index (κ3) is 3.40. The number of nitrogens with zero attached hydrogens (tertiary/aromatic N) is 1. The SMILES string of the molecule is CC(=N)C(C)=NC(=N)C(C)=[NH2+]. The van der Waals surface area contributed by atoms with Crippen LogP contribution in [0.5, 0.6) is 0 Å². The highest BCUT2D eigenvalue weighted by atomic mass is 14.9. The minimum absolute atomic E-state index is 0.0362. The monoisotopic (exact) mass is 153 g/mol. The van der Waals surface area contributed by atoms with Gasteiger partial charge in [-0.2, -0.15) is 0 Å². The van der Waals surface area contributed by atoms with Crippen molar-refractivity contribution in [3.63, 3.8) is 0 Å². The van der Waals surface area contributed by atoms with Gasteiger partial charge >= 0.3 is 0 Å². The van der Waals surface area contributed by atoms with Gasteiger partial charge in [0, 0.05) is 12.6 Å². The Labute approximate surface area is 65.9 Å². The zero-order valence-electron chi connectivity index (χ0n) is 7.02. The van der Waals surface area contributed by atoms with Crippen molar-refractivity contribution in [1.29, 1.82) is 10.8 Å². The molecule has 4 N–H and O–H groups in total. The maximum absolute atomic E-state index is 7.22. The predicted octanol–water partition coefficient (Wildman–Crippen LogP) is -0.316. The summed E-state index contributed by atoms with van der Waals surface area (Å²) in [7, 11) is 0. The Kier molecular flexibility index (Phi) is 3.30. The molecule has 0 rings (SSSR count). The fourth-order valence-electron chi connectivity index (χ4n) is 0.340. The molecule has 0 aromatic rings. The summed E-state index contributed by atoms with van der Waals surface area (Å²) in [5, 5.41) is 19.7. The first kappa shape index (κ1) is 9.68. The molecule has 0 spiro atoms. The van der Waals surface area contributed by atoms with Crippen LogP contribution in [0, 0.1) is 10.8 Å². The third-order valence-electron chi connectivity index (χ3n) is 1.20. The van der Waals surface area contributed by atoms with Crippen molar-refractivity contribution in [3.05, 3.63) is 0 Å². The summed E-state index contributed by atoms with van der Waals surface area (Å²) in [6, 6.07) is 0. The quantitative estimate of drug-likeness (QED) is 0.359. The molecular weight excluding hydrogens is 140 g/mol. The Bertz CT molecular complexity index is 237. The van der Waals surface area contributed by atoms with Crippen molar-refractivity contribution < 1.29 is 5.41 Å². The van der Waals surface area contributed by atoms with Gasteiger partial charge in [-0.15, -0.1) is 0 Å². The van der Waals surface area contributed by atoms with Gasteiger partial charge in [-0.3, -0.25) is 10.8 Å². The fourth-order valence-corrected chi connectivity index (χ4v) is 0.340. The second kappa shape index (κ2) is 3.75. The second-order valence-corrected chi connectivity index (χ2v) is 2.35. The zero-order chi connectivity index (χ0) is 9.02. The number of rotatable bonds is 2. The van der Waals surface area contributed by atoms with Crippen LogP contribution in [0.3, 0.4) is 0 Å². The van der Waals surface area contributed by atoms with Gasteiger partial charge in [0.05, 0.1) is 5.71 Å². The topological polar surface area (TPSA) is 85.7 Å². The molecule has 0 amide bonds. The molecular formula is C7H13N4+. The minimum Gasteiger partial charge on any atom is -0.304 e. The van der Waals surface area contributed by atoms with E-state index in [1.54, 1.807) is 20.8 Å². The Morgan fingerprint density at radius 3 is 1.91 bits per heavy atom. The number of nitrogens with one attached hydrogen (secondary N) is 2. The number of nitrogens with two attached hydrogens (primary N) is 1. The average Bonchev–Trinajstić information content (AvgIpc) is 1.87. The molecule has 0 aliphatic rings. The Balaban J connectivity index is 4.44. The number of aliphatic imine (C=N–C) groups is 1. The van der Waals surface area contributed by atoms with E-state index in [0.29, 0.717) is 17.1 Å². The lowest BCUT2D eigenvalue weighted by Gasteiger charge is -1.94. The molecule has 0 saturated carbocycles. The van der Waals surface area contributed by atoms with Gasteiger partial charge in [0.2, 0.25) is 11.5 Å². The van der Waals surface area contributed by atoms with E-state index in [4.69, 9.17) is 16.2 Å².